The van der Waals surface area contributed by atoms with Gasteiger partial charge in [-0.3, -0.25) is 14.4 Å². The van der Waals surface area contributed by atoms with Gasteiger partial charge in [0.2, 0.25) is 0 Å². The lowest BCUT2D eigenvalue weighted by molar-refractivity contribution is -0.166. The normalized spacial score (nSPS) is 12.7. The molecule has 0 saturated heterocycles. The molecule has 6 nitrogen and oxygen atoms in total. The van der Waals surface area contributed by atoms with Crippen molar-refractivity contribution < 1.29 is 28.6 Å². The molecule has 1 atom stereocenters. The number of hydrogen-bond donors (Lipinski definition) is 0. The number of allylic oxidation sites excluding steroid dienone is 15. The van der Waals surface area contributed by atoms with E-state index in [9.17, 15) is 14.4 Å². The van der Waals surface area contributed by atoms with Crippen LogP contribution in [-0.2, 0) is 28.6 Å². The molecular weight excluding hydrogens is 973 g/mol. The molecule has 1 unspecified atom stereocenters. The van der Waals surface area contributed by atoms with E-state index in [1.807, 2.05) is 6.08 Å². The third-order valence-electron chi connectivity index (χ3n) is 14.6. The number of carbonyl (C=O) groups excluding carboxylic acids is 3. The largest absolute Gasteiger partial charge is 0.462 e. The molecule has 0 aliphatic rings. The first-order chi connectivity index (χ1) is 39.0. The zero-order valence-electron chi connectivity index (χ0n) is 52.1. The van der Waals surface area contributed by atoms with Gasteiger partial charge in [-0.25, -0.2) is 0 Å². The van der Waals surface area contributed by atoms with Gasteiger partial charge in [0.1, 0.15) is 13.2 Å². The molecule has 0 amide bonds. The van der Waals surface area contributed by atoms with Gasteiger partial charge in [-0.05, 0) is 103 Å². The van der Waals surface area contributed by atoms with Crippen molar-refractivity contribution in [1.82, 2.24) is 0 Å². The maximum atomic E-state index is 12.8. The Morgan fingerprint density at radius 2 is 0.532 bits per heavy atom. The lowest BCUT2D eigenvalue weighted by Gasteiger charge is -2.18. The lowest BCUT2D eigenvalue weighted by atomic mass is 10.0. The molecule has 0 aliphatic carbocycles. The van der Waals surface area contributed by atoms with E-state index in [0.717, 1.165) is 89.9 Å². The van der Waals surface area contributed by atoms with Gasteiger partial charge >= 0.3 is 17.9 Å². The molecule has 0 radical (unpaired) electrons. The first kappa shape index (κ1) is 75.3. The molecule has 79 heavy (non-hydrogen) atoms. The summed E-state index contributed by atoms with van der Waals surface area (Å²) in [6.45, 7) is 6.43. The van der Waals surface area contributed by atoms with E-state index in [4.69, 9.17) is 14.2 Å². The van der Waals surface area contributed by atoms with Crippen LogP contribution in [0.5, 0.6) is 0 Å². The number of ether oxygens (including phenoxy) is 3. The van der Waals surface area contributed by atoms with Gasteiger partial charge < -0.3 is 14.2 Å². The highest BCUT2D eigenvalue weighted by molar-refractivity contribution is 5.72. The first-order valence-corrected chi connectivity index (χ1v) is 33.7. The standard InChI is InChI=1S/C73H126O6/c1-4-7-10-13-16-19-22-25-27-28-29-30-31-32-33-34-35-36-37-38-39-40-41-42-43-44-46-48-51-54-57-60-63-66-72(75)78-69-70(68-77-71(74)65-62-59-56-53-50-47-24-21-18-15-12-9-6-3)79-73(76)67-64-61-58-55-52-49-45-26-23-20-17-14-11-8-5-2/h8,11,17,20-22,24-26,28-29,45,52,55,61,64,70H,4-7,9-10,12-16,18-19,23,27,30-44,46-51,53-54,56-60,62-63,65-69H2,1-3H3/b11-8-,20-17-,24-21-,25-22-,29-28-,45-26-,55-52-,64-61-. The second-order valence-corrected chi connectivity index (χ2v) is 22.4. The Morgan fingerprint density at radius 3 is 0.861 bits per heavy atom. The average Bonchev–Trinajstić information content (AvgIpc) is 3.45. The fourth-order valence-corrected chi connectivity index (χ4v) is 9.55. The lowest BCUT2D eigenvalue weighted by Crippen LogP contribution is -2.30. The Kier molecular flexibility index (Phi) is 63.7. The molecule has 0 aromatic carbocycles. The van der Waals surface area contributed by atoms with Crippen molar-refractivity contribution >= 4 is 17.9 Å². The molecule has 0 bridgehead atoms. The molecule has 0 N–H and O–H groups in total. The Bertz CT molecular complexity index is 1540. The predicted molar refractivity (Wildman–Crippen MR) is 344 cm³/mol. The summed E-state index contributed by atoms with van der Waals surface area (Å²) in [5.41, 5.74) is 0. The fraction of sp³-hybridized carbons (Fsp3) is 0.740. The van der Waals surface area contributed by atoms with Crippen LogP contribution in [0, 0.1) is 0 Å². The van der Waals surface area contributed by atoms with Gasteiger partial charge in [0.25, 0.3) is 0 Å². The van der Waals surface area contributed by atoms with Crippen LogP contribution in [-0.4, -0.2) is 37.2 Å². The highest BCUT2D eigenvalue weighted by Crippen LogP contribution is 2.17. The van der Waals surface area contributed by atoms with Crippen LogP contribution in [0.1, 0.15) is 329 Å². The van der Waals surface area contributed by atoms with Crippen LogP contribution < -0.4 is 0 Å². The highest BCUT2D eigenvalue weighted by atomic mass is 16.6. The van der Waals surface area contributed by atoms with Gasteiger partial charge in [0.15, 0.2) is 6.10 Å². The fourth-order valence-electron chi connectivity index (χ4n) is 9.55. The SMILES string of the molecule is CC/C=C\C/C=C\C/C=C\C/C=C\C/C=C\CC(=O)OC(COC(=O)CCCCCCC/C=C\CCCCCC)COC(=O)CCCCCCCCCCCCCCCCCCCCCCC/C=C\C/C=C\CCCCCCC. The van der Waals surface area contributed by atoms with Crippen LogP contribution in [0.2, 0.25) is 0 Å². The molecule has 0 heterocycles. The van der Waals surface area contributed by atoms with Crippen LogP contribution in [0.15, 0.2) is 97.2 Å². The van der Waals surface area contributed by atoms with Crippen molar-refractivity contribution in [3.63, 3.8) is 0 Å². The van der Waals surface area contributed by atoms with Gasteiger partial charge in [0.05, 0.1) is 6.42 Å². The monoisotopic (exact) mass is 1100 g/mol. The summed E-state index contributed by atoms with van der Waals surface area (Å²) in [5, 5.41) is 0. The van der Waals surface area contributed by atoms with Gasteiger partial charge in [0, 0.05) is 12.8 Å². The van der Waals surface area contributed by atoms with Crippen molar-refractivity contribution in [3.8, 4) is 0 Å². The number of carbonyl (C=O) groups is 3. The van der Waals surface area contributed by atoms with Crippen molar-refractivity contribution in [3.05, 3.63) is 97.2 Å². The van der Waals surface area contributed by atoms with Crippen LogP contribution in [0.25, 0.3) is 0 Å². The Labute approximate surface area is 489 Å². The first-order valence-electron chi connectivity index (χ1n) is 33.7. The highest BCUT2D eigenvalue weighted by Gasteiger charge is 2.19. The van der Waals surface area contributed by atoms with Crippen LogP contribution >= 0.6 is 0 Å². The minimum Gasteiger partial charge on any atom is -0.462 e. The van der Waals surface area contributed by atoms with E-state index in [1.165, 1.54) is 199 Å². The molecule has 454 valence electrons. The zero-order valence-corrected chi connectivity index (χ0v) is 52.1. The summed E-state index contributed by atoms with van der Waals surface area (Å²) in [6.07, 6.45) is 90.5. The van der Waals surface area contributed by atoms with E-state index in [2.05, 4.69) is 106 Å². The van der Waals surface area contributed by atoms with E-state index < -0.39 is 12.1 Å². The minimum absolute atomic E-state index is 0.0957. The number of esters is 3. The summed E-state index contributed by atoms with van der Waals surface area (Å²) in [6, 6.07) is 0. The van der Waals surface area contributed by atoms with Crippen LogP contribution in [0.4, 0.5) is 0 Å². The van der Waals surface area contributed by atoms with Gasteiger partial charge in [-0.15, -0.1) is 0 Å². The van der Waals surface area contributed by atoms with Crippen molar-refractivity contribution in [2.45, 2.75) is 335 Å². The summed E-state index contributed by atoms with van der Waals surface area (Å²) < 4.78 is 16.8. The number of unbranched alkanes of at least 4 members (excludes halogenated alkanes) is 35. The number of rotatable bonds is 61. The third kappa shape index (κ3) is 65.0. The van der Waals surface area contributed by atoms with Crippen LogP contribution in [0.3, 0.4) is 0 Å². The van der Waals surface area contributed by atoms with E-state index >= 15 is 0 Å². The van der Waals surface area contributed by atoms with E-state index in [1.54, 1.807) is 6.08 Å². The van der Waals surface area contributed by atoms with E-state index in [-0.39, 0.29) is 31.6 Å². The van der Waals surface area contributed by atoms with Gasteiger partial charge in [-0.1, -0.05) is 304 Å². The summed E-state index contributed by atoms with van der Waals surface area (Å²) >= 11 is 0. The molecule has 0 aromatic rings. The third-order valence-corrected chi connectivity index (χ3v) is 14.6. The summed E-state index contributed by atoms with van der Waals surface area (Å²) in [7, 11) is 0. The molecular formula is C73H126O6. The molecule has 0 rings (SSSR count). The Balaban J connectivity index is 4.18. The quantitative estimate of drug-likeness (QED) is 0.0261. The Hall–Kier alpha value is -3.67. The molecule has 0 aliphatic heterocycles. The molecule has 0 saturated carbocycles. The molecule has 6 heteroatoms. The second-order valence-electron chi connectivity index (χ2n) is 22.4. The van der Waals surface area contributed by atoms with Gasteiger partial charge in [-0.2, -0.15) is 0 Å². The van der Waals surface area contributed by atoms with Crippen molar-refractivity contribution in [1.29, 1.82) is 0 Å². The topological polar surface area (TPSA) is 78.9 Å². The molecule has 0 fully saturated rings. The zero-order chi connectivity index (χ0) is 57.1. The Morgan fingerprint density at radius 1 is 0.278 bits per heavy atom. The maximum Gasteiger partial charge on any atom is 0.310 e. The smallest absolute Gasteiger partial charge is 0.310 e. The summed E-state index contributed by atoms with van der Waals surface area (Å²) in [4.78, 5) is 38.2. The molecule has 0 aromatic heterocycles. The molecule has 0 spiro atoms. The van der Waals surface area contributed by atoms with E-state index in [0.29, 0.717) is 12.8 Å². The maximum absolute atomic E-state index is 12.8. The predicted octanol–water partition coefficient (Wildman–Crippen LogP) is 23.2. The minimum atomic E-state index is -0.835. The van der Waals surface area contributed by atoms with Crippen molar-refractivity contribution in [2.75, 3.05) is 13.2 Å². The summed E-state index contributed by atoms with van der Waals surface area (Å²) in [5.74, 6) is -1.05. The second kappa shape index (κ2) is 66.8. The average molecular weight is 1100 g/mol. The van der Waals surface area contributed by atoms with Crippen molar-refractivity contribution in [2.24, 2.45) is 0 Å². The number of hydrogen-bond acceptors (Lipinski definition) is 6.